The Kier molecular flexibility index (Phi) is 5.94. The van der Waals surface area contributed by atoms with Gasteiger partial charge in [-0.15, -0.1) is 0 Å². The number of ether oxygens (including phenoxy) is 1. The summed E-state index contributed by atoms with van der Waals surface area (Å²) in [6.07, 6.45) is 2.00. The molecule has 0 atom stereocenters. The zero-order chi connectivity index (χ0) is 19.5. The Morgan fingerprint density at radius 3 is 2.69 bits per heavy atom. The molecule has 1 heterocycles. The number of aryl methyl sites for hydroxylation is 1. The van der Waals surface area contributed by atoms with E-state index in [0.717, 1.165) is 11.8 Å². The molecule has 0 saturated carbocycles. The average Bonchev–Trinajstić information content (AvgIpc) is 2.95. The lowest BCUT2D eigenvalue weighted by Crippen LogP contribution is -2.43. The Morgan fingerprint density at radius 1 is 1.42 bits per heavy atom. The number of nitro benzene ring substituents is 1. The zero-order valence-corrected chi connectivity index (χ0v) is 15.2. The Morgan fingerprint density at radius 2 is 2.12 bits per heavy atom. The number of nitrogens with one attached hydrogen (secondary N) is 1. The fourth-order valence-corrected chi connectivity index (χ4v) is 2.62. The summed E-state index contributed by atoms with van der Waals surface area (Å²) >= 11 is 0. The second-order valence-electron chi connectivity index (χ2n) is 6.61. The van der Waals surface area contributed by atoms with Crippen LogP contribution >= 0.6 is 0 Å². The van der Waals surface area contributed by atoms with Crippen LogP contribution in [0.25, 0.3) is 11.1 Å². The van der Waals surface area contributed by atoms with Crippen LogP contribution in [0.15, 0.2) is 18.3 Å². The third-order valence-electron chi connectivity index (χ3n) is 4.18. The Hall–Kier alpha value is -2.52. The van der Waals surface area contributed by atoms with Crippen LogP contribution < -0.4 is 10.1 Å². The van der Waals surface area contributed by atoms with E-state index >= 15 is 0 Å². The number of hydrogen-bond donors (Lipinski definition) is 2. The van der Waals surface area contributed by atoms with Crippen molar-refractivity contribution in [3.63, 3.8) is 0 Å². The standard InChI is InChI=1S/C17H23FN4O4/c1-17(2,10-23)19-6-5-14-12(9-20-21(14)3)11-7-15(22(24)25)16(26-4)8-13(11)18/h7-9,19,23H,5-6,10H2,1-4H3. The largest absolute Gasteiger partial charge is 0.490 e. The van der Waals surface area contributed by atoms with E-state index in [-0.39, 0.29) is 23.6 Å². The molecule has 2 rings (SSSR count). The van der Waals surface area contributed by atoms with Gasteiger partial charge in [0.1, 0.15) is 5.82 Å². The molecule has 0 unspecified atom stereocenters. The van der Waals surface area contributed by atoms with Gasteiger partial charge in [-0.1, -0.05) is 0 Å². The maximum Gasteiger partial charge on any atom is 0.311 e. The molecule has 0 radical (unpaired) electrons. The maximum atomic E-state index is 14.5. The number of nitrogens with zero attached hydrogens (tertiary/aromatic N) is 3. The summed E-state index contributed by atoms with van der Waals surface area (Å²) in [6, 6.07) is 2.18. The molecule has 0 saturated heterocycles. The van der Waals surface area contributed by atoms with Crippen molar-refractivity contribution in [2.45, 2.75) is 25.8 Å². The minimum absolute atomic E-state index is 0.0233. The van der Waals surface area contributed by atoms with Gasteiger partial charge in [-0.25, -0.2) is 4.39 Å². The molecule has 26 heavy (non-hydrogen) atoms. The topological polar surface area (TPSA) is 102 Å². The molecule has 0 amide bonds. The second-order valence-corrected chi connectivity index (χ2v) is 6.61. The molecule has 8 nitrogen and oxygen atoms in total. The smallest absolute Gasteiger partial charge is 0.311 e. The summed E-state index contributed by atoms with van der Waals surface area (Å²) < 4.78 is 21.0. The number of halogens is 1. The lowest BCUT2D eigenvalue weighted by molar-refractivity contribution is -0.385. The van der Waals surface area contributed by atoms with Crippen LogP contribution in [0.2, 0.25) is 0 Å². The number of benzene rings is 1. The Bertz CT molecular complexity index is 804. The van der Waals surface area contributed by atoms with E-state index in [1.165, 1.54) is 19.4 Å². The second kappa shape index (κ2) is 7.79. The first-order valence-electron chi connectivity index (χ1n) is 8.09. The predicted molar refractivity (Wildman–Crippen MR) is 94.7 cm³/mol. The lowest BCUT2D eigenvalue weighted by Gasteiger charge is -2.23. The van der Waals surface area contributed by atoms with Gasteiger partial charge in [-0.05, 0) is 13.8 Å². The molecule has 2 N–H and O–H groups in total. The van der Waals surface area contributed by atoms with Gasteiger partial charge in [0, 0.05) is 54.5 Å². The first kappa shape index (κ1) is 19.8. The van der Waals surface area contributed by atoms with Crippen molar-refractivity contribution in [2.75, 3.05) is 20.3 Å². The first-order valence-corrected chi connectivity index (χ1v) is 8.09. The third-order valence-corrected chi connectivity index (χ3v) is 4.18. The highest BCUT2D eigenvalue weighted by Crippen LogP contribution is 2.36. The molecule has 142 valence electrons. The summed E-state index contributed by atoms with van der Waals surface area (Å²) in [7, 11) is 2.98. The van der Waals surface area contributed by atoms with Gasteiger partial charge in [0.2, 0.25) is 0 Å². The predicted octanol–water partition coefficient (Wildman–Crippen LogP) is 2.05. The van der Waals surface area contributed by atoms with Crippen LogP contribution in [0.5, 0.6) is 5.75 Å². The van der Waals surface area contributed by atoms with Gasteiger partial charge < -0.3 is 15.2 Å². The molecule has 0 aliphatic carbocycles. The monoisotopic (exact) mass is 366 g/mol. The fraction of sp³-hybridized carbons (Fsp3) is 0.471. The highest BCUT2D eigenvalue weighted by molar-refractivity contribution is 5.71. The number of rotatable bonds is 8. The number of aromatic nitrogens is 2. The molecule has 0 bridgehead atoms. The van der Waals surface area contributed by atoms with E-state index in [0.29, 0.717) is 18.5 Å². The number of aliphatic hydroxyl groups excluding tert-OH is 1. The van der Waals surface area contributed by atoms with Crippen LogP contribution in [-0.2, 0) is 13.5 Å². The van der Waals surface area contributed by atoms with Crippen molar-refractivity contribution in [3.05, 3.63) is 40.0 Å². The highest BCUT2D eigenvalue weighted by Gasteiger charge is 2.23. The first-order chi connectivity index (χ1) is 12.2. The van der Waals surface area contributed by atoms with E-state index in [4.69, 9.17) is 4.74 Å². The van der Waals surface area contributed by atoms with Crippen LogP contribution in [0.3, 0.4) is 0 Å². The molecule has 2 aromatic rings. The lowest BCUT2D eigenvalue weighted by atomic mass is 10.0. The van der Waals surface area contributed by atoms with Crippen molar-refractivity contribution in [1.82, 2.24) is 15.1 Å². The molecule has 0 spiro atoms. The summed E-state index contributed by atoms with van der Waals surface area (Å²) in [6.45, 7) is 4.23. The van der Waals surface area contributed by atoms with Crippen molar-refractivity contribution in [3.8, 4) is 16.9 Å². The van der Waals surface area contributed by atoms with Gasteiger partial charge in [0.15, 0.2) is 5.75 Å². The molecule has 9 heteroatoms. The van der Waals surface area contributed by atoms with Crippen LogP contribution in [0, 0.1) is 15.9 Å². The van der Waals surface area contributed by atoms with Crippen molar-refractivity contribution >= 4 is 5.69 Å². The normalized spacial score (nSPS) is 11.6. The maximum absolute atomic E-state index is 14.5. The van der Waals surface area contributed by atoms with Crippen molar-refractivity contribution in [1.29, 1.82) is 0 Å². The van der Waals surface area contributed by atoms with E-state index in [1.807, 2.05) is 13.8 Å². The van der Waals surface area contributed by atoms with Gasteiger partial charge >= 0.3 is 5.69 Å². The van der Waals surface area contributed by atoms with Crippen LogP contribution in [-0.4, -0.2) is 45.6 Å². The Balaban J connectivity index is 2.38. The summed E-state index contributed by atoms with van der Waals surface area (Å²) in [5.74, 6) is -0.751. The van der Waals surface area contributed by atoms with E-state index in [9.17, 15) is 19.6 Å². The Labute approximate surface area is 150 Å². The van der Waals surface area contributed by atoms with Gasteiger partial charge in [0.25, 0.3) is 0 Å². The molecule has 0 aliphatic rings. The number of hydrogen-bond acceptors (Lipinski definition) is 6. The van der Waals surface area contributed by atoms with Gasteiger partial charge in [-0.2, -0.15) is 5.10 Å². The summed E-state index contributed by atoms with van der Waals surface area (Å²) in [5.41, 5.74) is 0.562. The van der Waals surface area contributed by atoms with E-state index < -0.39 is 16.3 Å². The van der Waals surface area contributed by atoms with Crippen LogP contribution in [0.4, 0.5) is 10.1 Å². The summed E-state index contributed by atoms with van der Waals surface area (Å²) in [4.78, 5) is 10.6. The molecular formula is C17H23FN4O4. The highest BCUT2D eigenvalue weighted by atomic mass is 19.1. The SMILES string of the molecule is COc1cc(F)c(-c2cnn(C)c2CCNC(C)(C)CO)cc1[N+](=O)[O-]. The quantitative estimate of drug-likeness (QED) is 0.548. The van der Waals surface area contributed by atoms with Crippen molar-refractivity contribution in [2.24, 2.45) is 7.05 Å². The molecule has 0 fully saturated rings. The molecule has 1 aromatic carbocycles. The van der Waals surface area contributed by atoms with Crippen LogP contribution in [0.1, 0.15) is 19.5 Å². The molecular weight excluding hydrogens is 343 g/mol. The zero-order valence-electron chi connectivity index (χ0n) is 15.2. The average molecular weight is 366 g/mol. The minimum Gasteiger partial charge on any atom is -0.490 e. The third kappa shape index (κ3) is 4.17. The number of aliphatic hydroxyl groups is 1. The van der Waals surface area contributed by atoms with Gasteiger partial charge in [-0.3, -0.25) is 14.8 Å². The number of nitro groups is 1. The molecule has 1 aromatic heterocycles. The van der Waals surface area contributed by atoms with E-state index in [1.54, 1.807) is 11.7 Å². The minimum atomic E-state index is -0.620. The number of methoxy groups -OCH3 is 1. The fourth-order valence-electron chi connectivity index (χ4n) is 2.62. The van der Waals surface area contributed by atoms with Gasteiger partial charge in [0.05, 0.1) is 24.8 Å². The summed E-state index contributed by atoms with van der Waals surface area (Å²) in [5, 5.41) is 27.9. The van der Waals surface area contributed by atoms with Crippen molar-refractivity contribution < 1.29 is 19.2 Å². The van der Waals surface area contributed by atoms with E-state index in [2.05, 4.69) is 10.4 Å². The molecule has 0 aliphatic heterocycles.